The lowest BCUT2D eigenvalue weighted by Crippen LogP contribution is -2.31. The van der Waals surface area contributed by atoms with E-state index in [0.29, 0.717) is 12.1 Å². The normalized spacial score (nSPS) is 22.2. The van der Waals surface area contributed by atoms with E-state index in [-0.39, 0.29) is 0 Å². The average Bonchev–Trinajstić information content (AvgIpc) is 2.68. The van der Waals surface area contributed by atoms with Crippen LogP contribution in [0.2, 0.25) is 0 Å². The maximum absolute atomic E-state index is 4.17. The van der Waals surface area contributed by atoms with Crippen LogP contribution in [-0.4, -0.2) is 40.0 Å². The molecule has 0 bridgehead atoms. The lowest BCUT2D eigenvalue weighted by molar-refractivity contribution is 0.274. The molecular weight excluding hydrogens is 188 g/mol. The van der Waals surface area contributed by atoms with Crippen molar-refractivity contribution in [2.45, 2.75) is 32.4 Å². The van der Waals surface area contributed by atoms with Gasteiger partial charge in [0, 0.05) is 37.6 Å². The highest BCUT2D eigenvalue weighted by Crippen LogP contribution is 2.14. The Balaban J connectivity index is 1.88. The van der Waals surface area contributed by atoms with Gasteiger partial charge in [0.05, 0.1) is 0 Å². The highest BCUT2D eigenvalue weighted by atomic mass is 15.2. The maximum Gasteiger partial charge on any atom is 0.222 e. The highest BCUT2D eigenvalue weighted by molar-refractivity contribution is 5.25. The molecule has 0 spiro atoms. The smallest absolute Gasteiger partial charge is 0.222 e. The second-order valence-electron chi connectivity index (χ2n) is 4.29. The van der Waals surface area contributed by atoms with Crippen LogP contribution in [-0.2, 0) is 0 Å². The van der Waals surface area contributed by atoms with E-state index in [1.165, 1.54) is 13.0 Å². The van der Waals surface area contributed by atoms with Gasteiger partial charge in [0.1, 0.15) is 0 Å². The lowest BCUT2D eigenvalue weighted by Gasteiger charge is -2.20. The SMILES string of the molecule is CC(C)N1CCC(Nc2ncccn2)C1. The fourth-order valence-corrected chi connectivity index (χ4v) is 1.93. The minimum absolute atomic E-state index is 0.495. The number of likely N-dealkylation sites (tertiary alicyclic amines) is 1. The first-order chi connectivity index (χ1) is 7.25. The Bertz CT molecular complexity index is 299. The Morgan fingerprint density at radius 2 is 2.13 bits per heavy atom. The third-order valence-electron chi connectivity index (χ3n) is 2.85. The number of rotatable bonds is 3. The molecule has 1 aliphatic heterocycles. The van der Waals surface area contributed by atoms with Crippen molar-refractivity contribution in [1.29, 1.82) is 0 Å². The molecule has 0 radical (unpaired) electrons. The zero-order chi connectivity index (χ0) is 10.7. The van der Waals surface area contributed by atoms with Crippen LogP contribution in [0.5, 0.6) is 0 Å². The van der Waals surface area contributed by atoms with Crippen molar-refractivity contribution < 1.29 is 0 Å². The number of aromatic nitrogens is 2. The van der Waals surface area contributed by atoms with Crippen LogP contribution in [0.1, 0.15) is 20.3 Å². The molecule has 1 aromatic rings. The second kappa shape index (κ2) is 4.57. The van der Waals surface area contributed by atoms with Gasteiger partial charge in [0.15, 0.2) is 0 Å². The van der Waals surface area contributed by atoms with Crippen molar-refractivity contribution in [3.63, 3.8) is 0 Å². The fourth-order valence-electron chi connectivity index (χ4n) is 1.93. The third kappa shape index (κ3) is 2.65. The van der Waals surface area contributed by atoms with Crippen molar-refractivity contribution >= 4 is 5.95 Å². The predicted molar refractivity (Wildman–Crippen MR) is 60.8 cm³/mol. The molecule has 1 aromatic heterocycles. The first-order valence-corrected chi connectivity index (χ1v) is 5.53. The summed E-state index contributed by atoms with van der Waals surface area (Å²) in [6.07, 6.45) is 4.71. The Kier molecular flexibility index (Phi) is 3.16. The quantitative estimate of drug-likeness (QED) is 0.811. The third-order valence-corrected chi connectivity index (χ3v) is 2.85. The summed E-state index contributed by atoms with van der Waals surface area (Å²) in [6, 6.07) is 2.96. The van der Waals surface area contributed by atoms with Gasteiger partial charge < -0.3 is 5.32 Å². The van der Waals surface area contributed by atoms with Crippen molar-refractivity contribution in [2.75, 3.05) is 18.4 Å². The summed E-state index contributed by atoms with van der Waals surface area (Å²) in [7, 11) is 0. The van der Waals surface area contributed by atoms with E-state index in [1.807, 2.05) is 6.07 Å². The molecule has 4 nitrogen and oxygen atoms in total. The van der Waals surface area contributed by atoms with Crippen LogP contribution in [0, 0.1) is 0 Å². The molecule has 0 aromatic carbocycles. The van der Waals surface area contributed by atoms with Crippen molar-refractivity contribution in [3.8, 4) is 0 Å². The molecule has 82 valence electrons. The fraction of sp³-hybridized carbons (Fsp3) is 0.636. The molecule has 2 heterocycles. The van der Waals surface area contributed by atoms with Crippen LogP contribution in [0.25, 0.3) is 0 Å². The van der Waals surface area contributed by atoms with E-state index < -0.39 is 0 Å². The largest absolute Gasteiger partial charge is 0.350 e. The number of nitrogens with zero attached hydrogens (tertiary/aromatic N) is 3. The maximum atomic E-state index is 4.17. The average molecular weight is 206 g/mol. The Morgan fingerprint density at radius 3 is 2.73 bits per heavy atom. The Labute approximate surface area is 90.7 Å². The van der Waals surface area contributed by atoms with E-state index in [0.717, 1.165) is 12.5 Å². The van der Waals surface area contributed by atoms with Gasteiger partial charge in [0.25, 0.3) is 0 Å². The summed E-state index contributed by atoms with van der Waals surface area (Å²) >= 11 is 0. The van der Waals surface area contributed by atoms with Gasteiger partial charge in [-0.15, -0.1) is 0 Å². The number of hydrogen-bond acceptors (Lipinski definition) is 4. The molecule has 0 aliphatic carbocycles. The van der Waals surface area contributed by atoms with Crippen molar-refractivity contribution in [3.05, 3.63) is 18.5 Å². The topological polar surface area (TPSA) is 41.0 Å². The minimum Gasteiger partial charge on any atom is -0.350 e. The summed E-state index contributed by atoms with van der Waals surface area (Å²) in [4.78, 5) is 10.8. The van der Waals surface area contributed by atoms with Gasteiger partial charge in [-0.2, -0.15) is 0 Å². The minimum atomic E-state index is 0.495. The van der Waals surface area contributed by atoms with E-state index in [1.54, 1.807) is 12.4 Å². The first kappa shape index (κ1) is 10.4. The molecule has 1 unspecified atom stereocenters. The molecule has 1 fully saturated rings. The molecule has 1 atom stereocenters. The molecule has 4 heteroatoms. The highest BCUT2D eigenvalue weighted by Gasteiger charge is 2.24. The van der Waals surface area contributed by atoms with Crippen LogP contribution in [0.3, 0.4) is 0 Å². The molecule has 1 saturated heterocycles. The standard InChI is InChI=1S/C11H18N4/c1-9(2)15-7-4-10(8-15)14-11-12-5-3-6-13-11/h3,5-6,9-10H,4,7-8H2,1-2H3,(H,12,13,14). The Hall–Kier alpha value is -1.16. The van der Waals surface area contributed by atoms with Crippen LogP contribution < -0.4 is 5.32 Å². The molecule has 2 rings (SSSR count). The molecule has 1 aliphatic rings. The summed E-state index contributed by atoms with van der Waals surface area (Å²) in [6.45, 7) is 6.74. The van der Waals surface area contributed by atoms with E-state index in [2.05, 4.69) is 34.0 Å². The lowest BCUT2D eigenvalue weighted by atomic mass is 10.3. The van der Waals surface area contributed by atoms with Gasteiger partial charge in [-0.1, -0.05) is 0 Å². The van der Waals surface area contributed by atoms with E-state index >= 15 is 0 Å². The monoisotopic (exact) mass is 206 g/mol. The van der Waals surface area contributed by atoms with Crippen LogP contribution in [0.15, 0.2) is 18.5 Å². The van der Waals surface area contributed by atoms with Crippen LogP contribution >= 0.6 is 0 Å². The summed E-state index contributed by atoms with van der Waals surface area (Å²) in [5.74, 6) is 0.744. The molecular formula is C11H18N4. The number of hydrogen-bond donors (Lipinski definition) is 1. The van der Waals surface area contributed by atoms with E-state index in [9.17, 15) is 0 Å². The van der Waals surface area contributed by atoms with Gasteiger partial charge in [-0.05, 0) is 26.3 Å². The number of nitrogens with one attached hydrogen (secondary N) is 1. The summed E-state index contributed by atoms with van der Waals surface area (Å²) < 4.78 is 0. The first-order valence-electron chi connectivity index (χ1n) is 5.53. The summed E-state index contributed by atoms with van der Waals surface area (Å²) in [5, 5.41) is 3.36. The van der Waals surface area contributed by atoms with Crippen LogP contribution in [0.4, 0.5) is 5.95 Å². The summed E-state index contributed by atoms with van der Waals surface area (Å²) in [5.41, 5.74) is 0. The van der Waals surface area contributed by atoms with E-state index in [4.69, 9.17) is 0 Å². The second-order valence-corrected chi connectivity index (χ2v) is 4.29. The van der Waals surface area contributed by atoms with Crippen molar-refractivity contribution in [1.82, 2.24) is 14.9 Å². The molecule has 15 heavy (non-hydrogen) atoms. The molecule has 0 amide bonds. The number of anilines is 1. The zero-order valence-electron chi connectivity index (χ0n) is 9.35. The zero-order valence-corrected chi connectivity index (χ0v) is 9.35. The van der Waals surface area contributed by atoms with Gasteiger partial charge in [-0.3, -0.25) is 4.90 Å². The Morgan fingerprint density at radius 1 is 1.40 bits per heavy atom. The molecule has 0 saturated carbocycles. The van der Waals surface area contributed by atoms with Gasteiger partial charge in [-0.25, -0.2) is 9.97 Å². The molecule has 1 N–H and O–H groups in total. The van der Waals surface area contributed by atoms with Gasteiger partial charge in [0.2, 0.25) is 5.95 Å². The van der Waals surface area contributed by atoms with Gasteiger partial charge >= 0.3 is 0 Å². The predicted octanol–water partition coefficient (Wildman–Crippen LogP) is 1.37. The van der Waals surface area contributed by atoms with Crippen molar-refractivity contribution in [2.24, 2.45) is 0 Å².